The zero-order valence-corrected chi connectivity index (χ0v) is 17.3. The van der Waals surface area contributed by atoms with E-state index >= 15 is 0 Å². The molecule has 1 aliphatic rings. The topological polar surface area (TPSA) is 46.1 Å². The zero-order valence-electron chi connectivity index (χ0n) is 14.2. The van der Waals surface area contributed by atoms with E-state index in [0.29, 0.717) is 22.5 Å². The average Bonchev–Trinajstić information content (AvgIpc) is 3.03. The van der Waals surface area contributed by atoms with Gasteiger partial charge in [-0.2, -0.15) is 8.78 Å². The lowest BCUT2D eigenvalue weighted by Crippen LogP contribution is -2.41. The normalized spacial score (nSPS) is 17.4. The van der Waals surface area contributed by atoms with Crippen LogP contribution in [0.2, 0.25) is 5.02 Å². The number of guanidine groups is 1. The molecule has 1 aliphatic heterocycles. The Balaban J connectivity index is 0.00000312. The van der Waals surface area contributed by atoms with Crippen LogP contribution < -0.4 is 10.1 Å². The molecule has 1 fully saturated rings. The van der Waals surface area contributed by atoms with Crippen LogP contribution in [-0.4, -0.2) is 51.3 Å². The van der Waals surface area contributed by atoms with Crippen LogP contribution in [0.5, 0.6) is 5.75 Å². The van der Waals surface area contributed by atoms with Gasteiger partial charge in [-0.3, -0.25) is 4.99 Å². The number of nitrogens with one attached hydrogen (secondary N) is 1. The number of ether oxygens (including phenoxy) is 2. The molecule has 0 bridgehead atoms. The van der Waals surface area contributed by atoms with Crippen LogP contribution in [0.1, 0.15) is 12.0 Å². The molecular formula is C16H23ClF2IN3O2. The number of hydrogen-bond donors (Lipinski definition) is 1. The molecule has 1 aromatic carbocycles. The summed E-state index contributed by atoms with van der Waals surface area (Å²) in [7, 11) is 3.61. The zero-order chi connectivity index (χ0) is 17.5. The van der Waals surface area contributed by atoms with E-state index in [-0.39, 0.29) is 36.3 Å². The minimum Gasteiger partial charge on any atom is -0.434 e. The molecule has 0 aliphatic carbocycles. The molecule has 5 nitrogen and oxygen atoms in total. The van der Waals surface area contributed by atoms with Gasteiger partial charge >= 0.3 is 6.61 Å². The Morgan fingerprint density at radius 3 is 2.88 bits per heavy atom. The lowest BCUT2D eigenvalue weighted by molar-refractivity contribution is -0.0504. The highest BCUT2D eigenvalue weighted by molar-refractivity contribution is 14.0. The van der Waals surface area contributed by atoms with E-state index < -0.39 is 6.61 Å². The number of aliphatic imine (C=N–C) groups is 1. The van der Waals surface area contributed by atoms with Crippen molar-refractivity contribution in [1.29, 1.82) is 0 Å². The predicted octanol–water partition coefficient (Wildman–Crippen LogP) is 3.60. The quantitative estimate of drug-likeness (QED) is 0.377. The van der Waals surface area contributed by atoms with Crippen molar-refractivity contribution in [2.24, 2.45) is 10.9 Å². The van der Waals surface area contributed by atoms with Gasteiger partial charge in [0, 0.05) is 50.3 Å². The summed E-state index contributed by atoms with van der Waals surface area (Å²) in [5, 5.41) is 3.61. The van der Waals surface area contributed by atoms with Crippen LogP contribution in [0.25, 0.3) is 0 Å². The molecule has 9 heteroatoms. The third kappa shape index (κ3) is 7.10. The average molecular weight is 490 g/mol. The van der Waals surface area contributed by atoms with Gasteiger partial charge in [-0.15, -0.1) is 24.0 Å². The van der Waals surface area contributed by atoms with E-state index in [1.807, 2.05) is 11.9 Å². The number of benzene rings is 1. The maximum Gasteiger partial charge on any atom is 0.387 e. The summed E-state index contributed by atoms with van der Waals surface area (Å²) in [6.07, 6.45) is 1.03. The third-order valence-electron chi connectivity index (χ3n) is 3.80. The van der Waals surface area contributed by atoms with Crippen LogP contribution in [-0.2, 0) is 11.3 Å². The van der Waals surface area contributed by atoms with Crippen molar-refractivity contribution in [3.05, 3.63) is 28.8 Å². The number of nitrogens with zero attached hydrogens (tertiary/aromatic N) is 2. The van der Waals surface area contributed by atoms with Crippen molar-refractivity contribution >= 4 is 41.5 Å². The molecule has 25 heavy (non-hydrogen) atoms. The highest BCUT2D eigenvalue weighted by Gasteiger charge is 2.19. The van der Waals surface area contributed by atoms with E-state index in [9.17, 15) is 8.78 Å². The molecule has 0 aromatic heterocycles. The standard InChI is InChI=1S/C16H22ClF2N3O2.HI/c1-20-16(22(2)9-11-5-6-23-10-11)21-8-12-7-13(17)3-4-14(12)24-15(18)19;/h3-4,7,11,15H,5-6,8-10H2,1-2H3,(H,20,21);1H. The summed E-state index contributed by atoms with van der Waals surface area (Å²) >= 11 is 5.95. The van der Waals surface area contributed by atoms with Crippen molar-refractivity contribution in [1.82, 2.24) is 10.2 Å². The van der Waals surface area contributed by atoms with Gasteiger partial charge in [0.05, 0.1) is 6.61 Å². The molecule has 1 N–H and O–H groups in total. The summed E-state index contributed by atoms with van der Waals surface area (Å²) in [6, 6.07) is 4.56. The van der Waals surface area contributed by atoms with Gasteiger partial charge in [0.25, 0.3) is 0 Å². The minimum atomic E-state index is -2.88. The second-order valence-corrected chi connectivity index (χ2v) is 6.08. The number of hydrogen-bond acceptors (Lipinski definition) is 3. The third-order valence-corrected chi connectivity index (χ3v) is 4.04. The molecule has 0 saturated carbocycles. The second-order valence-electron chi connectivity index (χ2n) is 5.64. The molecule has 1 atom stereocenters. The van der Waals surface area contributed by atoms with Crippen LogP contribution >= 0.6 is 35.6 Å². The Hall–Kier alpha value is -0.870. The molecule has 1 aromatic rings. The van der Waals surface area contributed by atoms with Crippen molar-refractivity contribution in [3.63, 3.8) is 0 Å². The Bertz CT molecular complexity index is 572. The molecule has 1 heterocycles. The van der Waals surface area contributed by atoms with E-state index in [1.54, 1.807) is 13.1 Å². The van der Waals surface area contributed by atoms with E-state index in [2.05, 4.69) is 15.0 Å². The summed E-state index contributed by atoms with van der Waals surface area (Å²) in [5.41, 5.74) is 0.543. The van der Waals surface area contributed by atoms with Crippen molar-refractivity contribution < 1.29 is 18.3 Å². The Labute approximate surface area is 168 Å². The molecular weight excluding hydrogens is 467 g/mol. The Morgan fingerprint density at radius 2 is 2.28 bits per heavy atom. The Kier molecular flexibility index (Phi) is 9.73. The van der Waals surface area contributed by atoms with Crippen LogP contribution in [0.3, 0.4) is 0 Å². The molecule has 2 rings (SSSR count). The van der Waals surface area contributed by atoms with Crippen LogP contribution in [0, 0.1) is 5.92 Å². The summed E-state index contributed by atoms with van der Waals surface area (Å²) < 4.78 is 34.9. The molecule has 0 amide bonds. The predicted molar refractivity (Wildman–Crippen MR) is 105 cm³/mol. The van der Waals surface area contributed by atoms with Gasteiger partial charge in [0.1, 0.15) is 5.75 Å². The minimum absolute atomic E-state index is 0. The fraction of sp³-hybridized carbons (Fsp3) is 0.562. The van der Waals surface area contributed by atoms with Gasteiger partial charge in [0.15, 0.2) is 5.96 Å². The number of halogens is 4. The van der Waals surface area contributed by atoms with E-state index in [1.165, 1.54) is 12.1 Å². The lowest BCUT2D eigenvalue weighted by Gasteiger charge is -2.25. The van der Waals surface area contributed by atoms with Gasteiger partial charge in [-0.05, 0) is 24.6 Å². The van der Waals surface area contributed by atoms with Gasteiger partial charge < -0.3 is 19.7 Å². The molecule has 142 valence electrons. The number of rotatable bonds is 6. The molecule has 1 unspecified atom stereocenters. The van der Waals surface area contributed by atoms with Crippen molar-refractivity contribution in [2.75, 3.05) is 33.9 Å². The monoisotopic (exact) mass is 489 g/mol. The second kappa shape index (κ2) is 11.0. The highest BCUT2D eigenvalue weighted by atomic mass is 127. The maximum absolute atomic E-state index is 12.5. The lowest BCUT2D eigenvalue weighted by atomic mass is 10.1. The van der Waals surface area contributed by atoms with Crippen LogP contribution in [0.4, 0.5) is 8.78 Å². The largest absolute Gasteiger partial charge is 0.434 e. The van der Waals surface area contributed by atoms with E-state index in [0.717, 1.165) is 26.2 Å². The fourth-order valence-corrected chi connectivity index (χ4v) is 2.85. The first-order valence-electron chi connectivity index (χ1n) is 7.72. The first kappa shape index (κ1) is 22.2. The van der Waals surface area contributed by atoms with E-state index in [4.69, 9.17) is 16.3 Å². The van der Waals surface area contributed by atoms with Gasteiger partial charge in [0.2, 0.25) is 0 Å². The maximum atomic E-state index is 12.5. The fourth-order valence-electron chi connectivity index (χ4n) is 2.66. The first-order chi connectivity index (χ1) is 11.5. The molecule has 1 saturated heterocycles. The Morgan fingerprint density at radius 1 is 1.52 bits per heavy atom. The van der Waals surface area contributed by atoms with Crippen LogP contribution in [0.15, 0.2) is 23.2 Å². The summed E-state index contributed by atoms with van der Waals surface area (Å²) in [6.45, 7) is -0.242. The van der Waals surface area contributed by atoms with Gasteiger partial charge in [-0.25, -0.2) is 0 Å². The SMILES string of the molecule is CN=C(NCc1cc(Cl)ccc1OC(F)F)N(C)CC1CCOC1.I. The van der Waals surface area contributed by atoms with Crippen molar-refractivity contribution in [2.45, 2.75) is 19.6 Å². The summed E-state index contributed by atoms with van der Waals surface area (Å²) in [4.78, 5) is 6.22. The van der Waals surface area contributed by atoms with Crippen molar-refractivity contribution in [3.8, 4) is 5.75 Å². The molecule has 0 radical (unpaired) electrons. The van der Waals surface area contributed by atoms with Gasteiger partial charge in [-0.1, -0.05) is 11.6 Å². The highest BCUT2D eigenvalue weighted by Crippen LogP contribution is 2.24. The number of alkyl halides is 2. The summed E-state index contributed by atoms with van der Waals surface area (Å²) in [5.74, 6) is 1.24. The molecule has 0 spiro atoms. The first-order valence-corrected chi connectivity index (χ1v) is 8.10. The smallest absolute Gasteiger partial charge is 0.387 e.